The standard InChI is InChI=1S/C16H17N7O3/c1-10-14(11(2)22(19-10)8-13(24)25)18-16(26)15(23-9-17-20-21-23)12-6-4-3-5-7-12/h3-7,9,15H,8H2,1-2H3,(H,18,26)(H,24,25). The maximum Gasteiger partial charge on any atom is 0.325 e. The average Bonchev–Trinajstić information content (AvgIpc) is 3.21. The zero-order valence-electron chi connectivity index (χ0n) is 14.2. The van der Waals surface area contributed by atoms with Crippen LogP contribution in [0.25, 0.3) is 0 Å². The van der Waals surface area contributed by atoms with Gasteiger partial charge in [0, 0.05) is 0 Å². The SMILES string of the molecule is Cc1nn(CC(=O)O)c(C)c1NC(=O)C(c1ccccc1)n1cnnn1. The van der Waals surface area contributed by atoms with E-state index in [4.69, 9.17) is 5.11 Å². The van der Waals surface area contributed by atoms with Crippen LogP contribution >= 0.6 is 0 Å². The van der Waals surface area contributed by atoms with Crippen LogP contribution in [0.2, 0.25) is 0 Å². The number of nitrogens with one attached hydrogen (secondary N) is 1. The number of nitrogens with zero attached hydrogens (tertiary/aromatic N) is 6. The Morgan fingerprint density at radius 1 is 1.23 bits per heavy atom. The zero-order chi connectivity index (χ0) is 18.7. The van der Waals surface area contributed by atoms with Crippen LogP contribution in [0, 0.1) is 13.8 Å². The van der Waals surface area contributed by atoms with Gasteiger partial charge in [-0.3, -0.25) is 14.3 Å². The topological polar surface area (TPSA) is 128 Å². The fraction of sp³-hybridized carbons (Fsp3) is 0.250. The first-order chi connectivity index (χ1) is 12.5. The van der Waals surface area contributed by atoms with Crippen LogP contribution in [0.1, 0.15) is 23.0 Å². The lowest BCUT2D eigenvalue weighted by atomic mass is 10.1. The minimum absolute atomic E-state index is 0.280. The van der Waals surface area contributed by atoms with Gasteiger partial charge in [0.2, 0.25) is 0 Å². The van der Waals surface area contributed by atoms with E-state index < -0.39 is 12.0 Å². The lowest BCUT2D eigenvalue weighted by Crippen LogP contribution is -2.28. The van der Waals surface area contributed by atoms with E-state index in [1.807, 2.05) is 18.2 Å². The number of hydrogen-bond acceptors (Lipinski definition) is 6. The van der Waals surface area contributed by atoms with Crippen molar-refractivity contribution in [2.24, 2.45) is 0 Å². The summed E-state index contributed by atoms with van der Waals surface area (Å²) in [6.45, 7) is 3.13. The fourth-order valence-corrected chi connectivity index (χ4v) is 2.70. The smallest absolute Gasteiger partial charge is 0.325 e. The van der Waals surface area contributed by atoms with Gasteiger partial charge < -0.3 is 10.4 Å². The molecular formula is C16H17N7O3. The molecule has 134 valence electrons. The van der Waals surface area contributed by atoms with Crippen molar-refractivity contribution in [2.45, 2.75) is 26.4 Å². The number of carbonyl (C=O) groups is 2. The third-order valence-corrected chi connectivity index (χ3v) is 3.91. The number of aliphatic carboxylic acids is 1. The summed E-state index contributed by atoms with van der Waals surface area (Å²) in [5, 5.41) is 27.0. The Bertz CT molecular complexity index is 919. The monoisotopic (exact) mass is 355 g/mol. The second-order valence-electron chi connectivity index (χ2n) is 5.69. The molecule has 10 nitrogen and oxygen atoms in total. The molecule has 1 atom stereocenters. The van der Waals surface area contributed by atoms with E-state index in [1.165, 1.54) is 15.7 Å². The molecule has 26 heavy (non-hydrogen) atoms. The second kappa shape index (κ2) is 7.13. The molecule has 1 unspecified atom stereocenters. The molecule has 10 heteroatoms. The summed E-state index contributed by atoms with van der Waals surface area (Å²) in [5.74, 6) is -1.37. The van der Waals surface area contributed by atoms with Gasteiger partial charge in [0.15, 0.2) is 6.04 Å². The first-order valence-electron chi connectivity index (χ1n) is 7.81. The summed E-state index contributed by atoms with van der Waals surface area (Å²) in [6, 6.07) is 8.33. The zero-order valence-corrected chi connectivity index (χ0v) is 14.2. The molecule has 0 radical (unpaired) electrons. The second-order valence-corrected chi connectivity index (χ2v) is 5.69. The molecule has 0 spiro atoms. The molecule has 0 saturated heterocycles. The molecular weight excluding hydrogens is 338 g/mol. The van der Waals surface area contributed by atoms with E-state index in [0.29, 0.717) is 22.6 Å². The number of hydrogen-bond donors (Lipinski definition) is 2. The third kappa shape index (κ3) is 3.43. The number of carboxylic acid groups (broad SMARTS) is 1. The van der Waals surface area contributed by atoms with Crippen molar-refractivity contribution < 1.29 is 14.7 Å². The van der Waals surface area contributed by atoms with E-state index >= 15 is 0 Å². The van der Waals surface area contributed by atoms with Crippen molar-refractivity contribution >= 4 is 17.6 Å². The van der Waals surface area contributed by atoms with E-state index in [-0.39, 0.29) is 12.5 Å². The van der Waals surface area contributed by atoms with Crippen molar-refractivity contribution in [3.05, 3.63) is 53.6 Å². The van der Waals surface area contributed by atoms with Crippen molar-refractivity contribution in [3.8, 4) is 0 Å². The molecule has 2 aromatic heterocycles. The Balaban J connectivity index is 1.92. The van der Waals surface area contributed by atoms with E-state index in [0.717, 1.165) is 0 Å². The van der Waals surface area contributed by atoms with Gasteiger partial charge in [-0.15, -0.1) is 5.10 Å². The lowest BCUT2D eigenvalue weighted by molar-refractivity contribution is -0.137. The maximum atomic E-state index is 13.0. The Hall–Kier alpha value is -3.56. The number of aryl methyl sites for hydroxylation is 1. The summed E-state index contributed by atoms with van der Waals surface area (Å²) in [4.78, 5) is 23.9. The molecule has 0 fully saturated rings. The molecule has 3 rings (SSSR count). The first-order valence-corrected chi connectivity index (χ1v) is 7.81. The number of carbonyl (C=O) groups excluding carboxylic acids is 1. The largest absolute Gasteiger partial charge is 0.480 e. The molecule has 1 aromatic carbocycles. The van der Waals surface area contributed by atoms with Crippen molar-refractivity contribution in [1.29, 1.82) is 0 Å². The van der Waals surface area contributed by atoms with Crippen LogP contribution in [-0.2, 0) is 16.1 Å². The molecule has 0 bridgehead atoms. The summed E-state index contributed by atoms with van der Waals surface area (Å²) in [6.07, 6.45) is 1.37. The molecule has 0 saturated carbocycles. The maximum absolute atomic E-state index is 13.0. The average molecular weight is 355 g/mol. The van der Waals surface area contributed by atoms with Gasteiger partial charge in [-0.1, -0.05) is 30.3 Å². The summed E-state index contributed by atoms with van der Waals surface area (Å²) in [7, 11) is 0. The molecule has 2 heterocycles. The van der Waals surface area contributed by atoms with Crippen LogP contribution in [0.3, 0.4) is 0 Å². The molecule has 1 amide bonds. The summed E-state index contributed by atoms with van der Waals surface area (Å²) < 4.78 is 2.69. The Morgan fingerprint density at radius 3 is 2.58 bits per heavy atom. The number of aromatic nitrogens is 6. The molecule has 3 aromatic rings. The van der Waals surface area contributed by atoms with E-state index in [1.54, 1.807) is 26.0 Å². The molecule has 0 aliphatic heterocycles. The quantitative estimate of drug-likeness (QED) is 0.669. The van der Waals surface area contributed by atoms with Gasteiger partial charge in [0.25, 0.3) is 5.91 Å². The predicted octanol–water partition coefficient (Wildman–Crippen LogP) is 0.799. The highest BCUT2D eigenvalue weighted by atomic mass is 16.4. The van der Waals surface area contributed by atoms with Crippen molar-refractivity contribution in [1.82, 2.24) is 30.0 Å². The van der Waals surface area contributed by atoms with Crippen LogP contribution in [0.4, 0.5) is 5.69 Å². The molecule has 2 N–H and O–H groups in total. The number of carboxylic acids is 1. The molecule has 0 aliphatic carbocycles. The predicted molar refractivity (Wildman–Crippen MR) is 90.4 cm³/mol. The normalized spacial score (nSPS) is 11.9. The van der Waals surface area contributed by atoms with Crippen molar-refractivity contribution in [3.63, 3.8) is 0 Å². The van der Waals surface area contributed by atoms with E-state index in [2.05, 4.69) is 25.9 Å². The Morgan fingerprint density at radius 2 is 1.96 bits per heavy atom. The van der Waals surface area contributed by atoms with E-state index in [9.17, 15) is 9.59 Å². The van der Waals surface area contributed by atoms with Crippen LogP contribution in [0.15, 0.2) is 36.7 Å². The van der Waals surface area contributed by atoms with Gasteiger partial charge in [0.1, 0.15) is 12.9 Å². The van der Waals surface area contributed by atoms with Gasteiger partial charge in [0.05, 0.1) is 17.1 Å². The van der Waals surface area contributed by atoms with Gasteiger partial charge in [-0.2, -0.15) is 5.10 Å². The minimum Gasteiger partial charge on any atom is -0.480 e. The highest BCUT2D eigenvalue weighted by molar-refractivity contribution is 5.96. The van der Waals surface area contributed by atoms with Crippen LogP contribution in [0.5, 0.6) is 0 Å². The Labute approximate surface area is 148 Å². The fourth-order valence-electron chi connectivity index (χ4n) is 2.70. The Kier molecular flexibility index (Phi) is 4.74. The first kappa shape index (κ1) is 17.3. The number of anilines is 1. The third-order valence-electron chi connectivity index (χ3n) is 3.91. The number of amides is 1. The van der Waals surface area contributed by atoms with Crippen LogP contribution in [-0.4, -0.2) is 47.0 Å². The van der Waals surface area contributed by atoms with Crippen LogP contribution < -0.4 is 5.32 Å². The van der Waals surface area contributed by atoms with Crippen molar-refractivity contribution in [2.75, 3.05) is 5.32 Å². The number of rotatable bonds is 6. The van der Waals surface area contributed by atoms with Gasteiger partial charge in [-0.25, -0.2) is 4.68 Å². The molecule has 0 aliphatic rings. The van der Waals surface area contributed by atoms with Gasteiger partial charge >= 0.3 is 5.97 Å². The number of tetrazole rings is 1. The highest BCUT2D eigenvalue weighted by Gasteiger charge is 2.26. The summed E-state index contributed by atoms with van der Waals surface area (Å²) in [5.41, 5.74) is 2.28. The van der Waals surface area contributed by atoms with Gasteiger partial charge in [-0.05, 0) is 29.8 Å². The highest BCUT2D eigenvalue weighted by Crippen LogP contribution is 2.23. The lowest BCUT2D eigenvalue weighted by Gasteiger charge is -2.17. The minimum atomic E-state index is -1.01. The summed E-state index contributed by atoms with van der Waals surface area (Å²) >= 11 is 0. The number of benzene rings is 1.